The summed E-state index contributed by atoms with van der Waals surface area (Å²) in [7, 11) is 1.69. The molecule has 21 heavy (non-hydrogen) atoms. The summed E-state index contributed by atoms with van der Waals surface area (Å²) in [6, 6.07) is 7.98. The second-order valence-electron chi connectivity index (χ2n) is 4.65. The minimum Gasteiger partial charge on any atom is -0.478 e. The van der Waals surface area contributed by atoms with E-state index >= 15 is 0 Å². The van der Waals surface area contributed by atoms with E-state index in [1.807, 2.05) is 0 Å². The molecule has 2 amide bonds. The van der Waals surface area contributed by atoms with Crippen LogP contribution in [0.25, 0.3) is 0 Å². The predicted molar refractivity (Wildman–Crippen MR) is 75.8 cm³/mol. The third-order valence-electron chi connectivity index (χ3n) is 2.99. The van der Waals surface area contributed by atoms with E-state index in [-0.39, 0.29) is 11.6 Å². The molecule has 6 heteroatoms. The summed E-state index contributed by atoms with van der Waals surface area (Å²) in [4.78, 5) is 24.2. The van der Waals surface area contributed by atoms with Gasteiger partial charge in [0, 0.05) is 19.2 Å². The molecular weight excluding hydrogens is 272 g/mol. The van der Waals surface area contributed by atoms with Crippen molar-refractivity contribution in [1.29, 1.82) is 0 Å². The Kier molecular flexibility index (Phi) is 4.61. The second-order valence-corrected chi connectivity index (χ2v) is 4.65. The molecule has 1 aromatic carbocycles. The van der Waals surface area contributed by atoms with Crippen molar-refractivity contribution >= 4 is 12.0 Å². The van der Waals surface area contributed by atoms with Gasteiger partial charge >= 0.3 is 12.0 Å². The SMILES string of the molecule is CN(Cc1ccoc1)C(=O)NCc1ccc(C(=O)O)cc1. The monoisotopic (exact) mass is 288 g/mol. The van der Waals surface area contributed by atoms with Crippen molar-refractivity contribution in [2.75, 3.05) is 7.05 Å². The Morgan fingerprint density at radius 3 is 2.48 bits per heavy atom. The number of benzene rings is 1. The van der Waals surface area contributed by atoms with E-state index in [2.05, 4.69) is 5.32 Å². The fourth-order valence-corrected chi connectivity index (χ4v) is 1.81. The number of carboxylic acids is 1. The molecule has 2 aromatic rings. The van der Waals surface area contributed by atoms with Crippen LogP contribution in [0.2, 0.25) is 0 Å². The molecule has 0 saturated heterocycles. The van der Waals surface area contributed by atoms with Crippen molar-refractivity contribution in [3.8, 4) is 0 Å². The Bertz CT molecular complexity index is 605. The Morgan fingerprint density at radius 1 is 1.19 bits per heavy atom. The lowest BCUT2D eigenvalue weighted by Gasteiger charge is -2.17. The molecule has 0 spiro atoms. The van der Waals surface area contributed by atoms with E-state index < -0.39 is 5.97 Å². The van der Waals surface area contributed by atoms with Gasteiger partial charge in [0.05, 0.1) is 24.6 Å². The van der Waals surface area contributed by atoms with Gasteiger partial charge in [-0.25, -0.2) is 9.59 Å². The van der Waals surface area contributed by atoms with Crippen LogP contribution < -0.4 is 5.32 Å². The maximum absolute atomic E-state index is 11.9. The van der Waals surface area contributed by atoms with E-state index in [1.54, 1.807) is 37.8 Å². The molecule has 0 atom stereocenters. The Labute approximate surface area is 122 Å². The van der Waals surface area contributed by atoms with Gasteiger partial charge in [-0.15, -0.1) is 0 Å². The molecule has 0 unspecified atom stereocenters. The first kappa shape index (κ1) is 14.6. The van der Waals surface area contributed by atoms with Gasteiger partial charge in [-0.3, -0.25) is 0 Å². The normalized spacial score (nSPS) is 10.1. The van der Waals surface area contributed by atoms with Crippen LogP contribution in [-0.4, -0.2) is 29.1 Å². The number of carbonyl (C=O) groups is 2. The number of amides is 2. The van der Waals surface area contributed by atoms with Crippen molar-refractivity contribution in [3.05, 3.63) is 59.5 Å². The molecule has 6 nitrogen and oxygen atoms in total. The summed E-state index contributed by atoms with van der Waals surface area (Å²) in [6.07, 6.45) is 3.15. The van der Waals surface area contributed by atoms with Gasteiger partial charge in [0.25, 0.3) is 0 Å². The summed E-state index contributed by atoms with van der Waals surface area (Å²) >= 11 is 0. The summed E-state index contributed by atoms with van der Waals surface area (Å²) < 4.78 is 4.95. The maximum Gasteiger partial charge on any atom is 0.335 e. The number of urea groups is 1. The highest BCUT2D eigenvalue weighted by molar-refractivity contribution is 5.87. The van der Waals surface area contributed by atoms with Crippen molar-refractivity contribution in [2.24, 2.45) is 0 Å². The first-order valence-electron chi connectivity index (χ1n) is 6.38. The highest BCUT2D eigenvalue weighted by Gasteiger charge is 2.09. The van der Waals surface area contributed by atoms with Gasteiger partial charge in [0.1, 0.15) is 0 Å². The van der Waals surface area contributed by atoms with Crippen LogP contribution in [0.15, 0.2) is 47.3 Å². The number of aromatic carboxylic acids is 1. The first-order chi connectivity index (χ1) is 10.1. The summed E-state index contributed by atoms with van der Waals surface area (Å²) in [6.45, 7) is 0.800. The highest BCUT2D eigenvalue weighted by atomic mass is 16.4. The molecule has 0 bridgehead atoms. The molecule has 110 valence electrons. The lowest BCUT2D eigenvalue weighted by atomic mass is 10.1. The third kappa shape index (κ3) is 4.10. The molecule has 0 fully saturated rings. The average Bonchev–Trinajstić information content (AvgIpc) is 2.98. The van der Waals surface area contributed by atoms with Gasteiger partial charge in [-0.1, -0.05) is 12.1 Å². The third-order valence-corrected chi connectivity index (χ3v) is 2.99. The fourth-order valence-electron chi connectivity index (χ4n) is 1.81. The number of nitrogens with zero attached hydrogens (tertiary/aromatic N) is 1. The van der Waals surface area contributed by atoms with Crippen molar-refractivity contribution < 1.29 is 19.1 Å². The molecular formula is C15H16N2O4. The first-order valence-corrected chi connectivity index (χ1v) is 6.38. The van der Waals surface area contributed by atoms with Gasteiger partial charge in [-0.2, -0.15) is 0 Å². The largest absolute Gasteiger partial charge is 0.478 e. The van der Waals surface area contributed by atoms with Crippen LogP contribution in [0.3, 0.4) is 0 Å². The number of carbonyl (C=O) groups excluding carboxylic acids is 1. The molecule has 2 rings (SSSR count). The Balaban J connectivity index is 1.84. The van der Waals surface area contributed by atoms with Gasteiger partial charge in [0.15, 0.2) is 0 Å². The number of hydrogen-bond donors (Lipinski definition) is 2. The van der Waals surface area contributed by atoms with E-state index in [4.69, 9.17) is 9.52 Å². The summed E-state index contributed by atoms with van der Waals surface area (Å²) in [5, 5.41) is 11.6. The van der Waals surface area contributed by atoms with Crippen LogP contribution in [-0.2, 0) is 13.1 Å². The van der Waals surface area contributed by atoms with Crippen molar-refractivity contribution in [3.63, 3.8) is 0 Å². The molecule has 1 aromatic heterocycles. The van der Waals surface area contributed by atoms with E-state index in [0.29, 0.717) is 13.1 Å². The zero-order valence-corrected chi connectivity index (χ0v) is 11.6. The van der Waals surface area contributed by atoms with Crippen LogP contribution >= 0.6 is 0 Å². The number of carboxylic acid groups (broad SMARTS) is 1. The quantitative estimate of drug-likeness (QED) is 0.884. The fraction of sp³-hybridized carbons (Fsp3) is 0.200. The predicted octanol–water partition coefficient (Wildman–Crippen LogP) is 2.32. The minimum atomic E-state index is -0.967. The van der Waals surface area contributed by atoms with Crippen LogP contribution in [0.1, 0.15) is 21.5 Å². The molecule has 0 aliphatic carbocycles. The molecule has 2 N–H and O–H groups in total. The van der Waals surface area contributed by atoms with Crippen LogP contribution in [0, 0.1) is 0 Å². The number of hydrogen-bond acceptors (Lipinski definition) is 3. The van der Waals surface area contributed by atoms with Gasteiger partial charge in [-0.05, 0) is 23.8 Å². The Hall–Kier alpha value is -2.76. The standard InChI is InChI=1S/C15H16N2O4/c1-17(9-12-6-7-21-10-12)15(20)16-8-11-2-4-13(5-3-11)14(18)19/h2-7,10H,8-9H2,1H3,(H,16,20)(H,18,19). The lowest BCUT2D eigenvalue weighted by molar-refractivity contribution is 0.0697. The second kappa shape index (κ2) is 6.60. The van der Waals surface area contributed by atoms with E-state index in [9.17, 15) is 9.59 Å². The number of nitrogens with one attached hydrogen (secondary N) is 1. The topological polar surface area (TPSA) is 82.8 Å². The van der Waals surface area contributed by atoms with E-state index in [1.165, 1.54) is 17.0 Å². The molecule has 1 heterocycles. The van der Waals surface area contributed by atoms with Gasteiger partial charge in [0.2, 0.25) is 0 Å². The molecule has 0 aliphatic rings. The maximum atomic E-state index is 11.9. The molecule has 0 radical (unpaired) electrons. The van der Waals surface area contributed by atoms with Crippen LogP contribution in [0.4, 0.5) is 4.79 Å². The minimum absolute atomic E-state index is 0.210. The summed E-state index contributed by atoms with van der Waals surface area (Å²) in [5.41, 5.74) is 1.98. The number of furan rings is 1. The Morgan fingerprint density at radius 2 is 1.90 bits per heavy atom. The average molecular weight is 288 g/mol. The zero-order chi connectivity index (χ0) is 15.2. The lowest BCUT2D eigenvalue weighted by Crippen LogP contribution is -2.36. The van der Waals surface area contributed by atoms with Crippen molar-refractivity contribution in [2.45, 2.75) is 13.1 Å². The van der Waals surface area contributed by atoms with E-state index in [0.717, 1.165) is 11.1 Å². The summed E-state index contributed by atoms with van der Waals surface area (Å²) in [5.74, 6) is -0.967. The van der Waals surface area contributed by atoms with Crippen molar-refractivity contribution in [1.82, 2.24) is 10.2 Å². The van der Waals surface area contributed by atoms with Gasteiger partial charge < -0.3 is 19.7 Å². The molecule has 0 saturated carbocycles. The smallest absolute Gasteiger partial charge is 0.335 e. The number of rotatable bonds is 5. The highest BCUT2D eigenvalue weighted by Crippen LogP contribution is 2.06. The molecule has 0 aliphatic heterocycles. The van der Waals surface area contributed by atoms with Crippen LogP contribution in [0.5, 0.6) is 0 Å². The zero-order valence-electron chi connectivity index (χ0n) is 11.6.